The lowest BCUT2D eigenvalue weighted by Crippen LogP contribution is -2.40. The van der Waals surface area contributed by atoms with Gasteiger partial charge in [-0.1, -0.05) is 30.3 Å². The van der Waals surface area contributed by atoms with Crippen LogP contribution in [0.1, 0.15) is 5.56 Å². The van der Waals surface area contributed by atoms with Crippen molar-refractivity contribution in [1.29, 1.82) is 0 Å². The second-order valence-electron chi connectivity index (χ2n) is 3.50. The Labute approximate surface area is 101 Å². The first-order chi connectivity index (χ1) is 8.39. The van der Waals surface area contributed by atoms with Crippen LogP contribution in [0.15, 0.2) is 30.3 Å². The van der Waals surface area contributed by atoms with Crippen LogP contribution in [0.25, 0.3) is 0 Å². The van der Waals surface area contributed by atoms with Crippen LogP contribution in [0.3, 0.4) is 0 Å². The summed E-state index contributed by atoms with van der Waals surface area (Å²) in [5.74, 6) is 0. The Morgan fingerprint density at radius 3 is 2.50 bits per heavy atom. The van der Waals surface area contributed by atoms with Gasteiger partial charge < -0.3 is 15.2 Å². The molecule has 1 atom stereocenters. The normalized spacial score (nSPS) is 12.9. The number of halogens is 3. The maximum atomic E-state index is 11.9. The predicted molar refractivity (Wildman–Crippen MR) is 56.7 cm³/mol. The summed E-state index contributed by atoms with van der Waals surface area (Å²) in [6, 6.07) is 8.67. The number of alkyl carbamates (subject to hydrolysis) is 1. The first-order valence-corrected chi connectivity index (χ1v) is 5.09. The number of hydrogen-bond acceptors (Lipinski definition) is 3. The van der Waals surface area contributed by atoms with Crippen LogP contribution in [-0.4, -0.2) is 30.0 Å². The molecule has 0 heterocycles. The topological polar surface area (TPSA) is 58.6 Å². The van der Waals surface area contributed by atoms with Gasteiger partial charge in [-0.2, -0.15) is 13.2 Å². The van der Waals surface area contributed by atoms with Gasteiger partial charge in [-0.15, -0.1) is 0 Å². The molecule has 1 rings (SSSR count). The van der Waals surface area contributed by atoms with E-state index >= 15 is 0 Å². The van der Waals surface area contributed by atoms with Crippen LogP contribution in [0, 0.1) is 0 Å². The van der Waals surface area contributed by atoms with E-state index in [1.807, 2.05) is 5.32 Å². The van der Waals surface area contributed by atoms with Crippen molar-refractivity contribution in [1.82, 2.24) is 5.32 Å². The van der Waals surface area contributed by atoms with Crippen LogP contribution in [-0.2, 0) is 11.3 Å². The SMILES string of the molecule is O=C(NCC(O)C(F)(F)F)OCc1ccccc1. The Kier molecular flexibility index (Phi) is 4.96. The first-order valence-electron chi connectivity index (χ1n) is 5.09. The number of alkyl halides is 3. The molecule has 1 unspecified atom stereocenters. The Morgan fingerprint density at radius 1 is 1.33 bits per heavy atom. The number of amides is 1. The number of aliphatic hydroxyl groups excluding tert-OH is 1. The summed E-state index contributed by atoms with van der Waals surface area (Å²) >= 11 is 0. The molecule has 1 amide bonds. The van der Waals surface area contributed by atoms with E-state index in [1.54, 1.807) is 30.3 Å². The lowest BCUT2D eigenvalue weighted by Gasteiger charge is -2.14. The van der Waals surface area contributed by atoms with E-state index in [9.17, 15) is 18.0 Å². The van der Waals surface area contributed by atoms with Gasteiger partial charge in [-0.25, -0.2) is 4.79 Å². The fourth-order valence-electron chi connectivity index (χ4n) is 1.07. The average Bonchev–Trinajstić information content (AvgIpc) is 2.33. The lowest BCUT2D eigenvalue weighted by molar-refractivity contribution is -0.201. The third-order valence-electron chi connectivity index (χ3n) is 2.03. The number of carbonyl (C=O) groups excluding carboxylic acids is 1. The van der Waals surface area contributed by atoms with Gasteiger partial charge in [-0.3, -0.25) is 0 Å². The summed E-state index contributed by atoms with van der Waals surface area (Å²) in [6.07, 6.45) is -8.36. The number of benzene rings is 1. The third kappa shape index (κ3) is 5.05. The Morgan fingerprint density at radius 2 is 1.94 bits per heavy atom. The molecule has 1 aromatic carbocycles. The number of nitrogens with one attached hydrogen (secondary N) is 1. The molecule has 4 nitrogen and oxygen atoms in total. The summed E-state index contributed by atoms with van der Waals surface area (Å²) in [7, 11) is 0. The molecule has 0 fully saturated rings. The molecule has 0 saturated heterocycles. The van der Waals surface area contributed by atoms with Crippen LogP contribution >= 0.6 is 0 Å². The number of ether oxygens (including phenoxy) is 1. The molecule has 0 saturated carbocycles. The third-order valence-corrected chi connectivity index (χ3v) is 2.03. The summed E-state index contributed by atoms with van der Waals surface area (Å²) < 4.78 is 40.4. The lowest BCUT2D eigenvalue weighted by atomic mass is 10.2. The van der Waals surface area contributed by atoms with Crippen molar-refractivity contribution < 1.29 is 27.8 Å². The Balaban J connectivity index is 2.27. The molecular formula is C11H12F3NO3. The molecule has 0 spiro atoms. The minimum atomic E-state index is -4.76. The number of hydrogen-bond donors (Lipinski definition) is 2. The second kappa shape index (κ2) is 6.25. The molecule has 7 heteroatoms. The van der Waals surface area contributed by atoms with Crippen LogP contribution in [0.4, 0.5) is 18.0 Å². The first kappa shape index (κ1) is 14.3. The van der Waals surface area contributed by atoms with E-state index < -0.39 is 24.9 Å². The van der Waals surface area contributed by atoms with Gasteiger partial charge in [0.15, 0.2) is 6.10 Å². The van der Waals surface area contributed by atoms with Crippen molar-refractivity contribution >= 4 is 6.09 Å². The van der Waals surface area contributed by atoms with E-state index in [-0.39, 0.29) is 6.61 Å². The fourth-order valence-corrected chi connectivity index (χ4v) is 1.07. The largest absolute Gasteiger partial charge is 0.445 e. The van der Waals surface area contributed by atoms with Crippen molar-refractivity contribution in [2.24, 2.45) is 0 Å². The molecule has 0 radical (unpaired) electrons. The monoisotopic (exact) mass is 263 g/mol. The summed E-state index contributed by atoms with van der Waals surface area (Å²) in [5.41, 5.74) is 0.712. The average molecular weight is 263 g/mol. The van der Waals surface area contributed by atoms with Gasteiger partial charge in [-0.05, 0) is 5.56 Å². The molecule has 0 bridgehead atoms. The number of carbonyl (C=O) groups is 1. The number of aliphatic hydroxyl groups is 1. The van der Waals surface area contributed by atoms with Crippen molar-refractivity contribution in [3.05, 3.63) is 35.9 Å². The van der Waals surface area contributed by atoms with Gasteiger partial charge in [0.05, 0.1) is 6.54 Å². The Bertz CT molecular complexity index is 381. The molecule has 18 heavy (non-hydrogen) atoms. The second-order valence-corrected chi connectivity index (χ2v) is 3.50. The quantitative estimate of drug-likeness (QED) is 0.871. The van der Waals surface area contributed by atoms with Gasteiger partial charge in [0, 0.05) is 0 Å². The summed E-state index contributed by atoms with van der Waals surface area (Å²) in [6.45, 7) is -0.980. The van der Waals surface area contributed by atoms with Crippen molar-refractivity contribution in [3.8, 4) is 0 Å². The Hall–Kier alpha value is -1.76. The van der Waals surface area contributed by atoms with E-state index in [4.69, 9.17) is 5.11 Å². The standard InChI is InChI=1S/C11H12F3NO3/c12-11(13,14)9(16)6-15-10(17)18-7-8-4-2-1-3-5-8/h1-5,9,16H,6-7H2,(H,15,17). The molecule has 0 aliphatic carbocycles. The van der Waals surface area contributed by atoms with Crippen LogP contribution in [0.5, 0.6) is 0 Å². The predicted octanol–water partition coefficient (Wildman–Crippen LogP) is 1.84. The van der Waals surface area contributed by atoms with E-state index in [1.165, 1.54) is 0 Å². The van der Waals surface area contributed by atoms with Gasteiger partial charge in [0.2, 0.25) is 0 Å². The number of rotatable bonds is 4. The smallest absolute Gasteiger partial charge is 0.416 e. The molecule has 0 aliphatic heterocycles. The zero-order valence-corrected chi connectivity index (χ0v) is 9.28. The van der Waals surface area contributed by atoms with Crippen molar-refractivity contribution in [3.63, 3.8) is 0 Å². The molecule has 100 valence electrons. The minimum absolute atomic E-state index is 0.0468. The highest BCUT2D eigenvalue weighted by Gasteiger charge is 2.38. The molecular weight excluding hydrogens is 251 g/mol. The summed E-state index contributed by atoms with van der Waals surface area (Å²) in [5, 5.41) is 10.5. The van der Waals surface area contributed by atoms with Gasteiger partial charge in [0.1, 0.15) is 6.61 Å². The maximum absolute atomic E-state index is 11.9. The van der Waals surface area contributed by atoms with E-state index in [0.29, 0.717) is 5.56 Å². The highest BCUT2D eigenvalue weighted by atomic mass is 19.4. The highest BCUT2D eigenvalue weighted by molar-refractivity contribution is 5.67. The maximum Gasteiger partial charge on any atom is 0.416 e. The molecule has 0 aliphatic rings. The highest BCUT2D eigenvalue weighted by Crippen LogP contribution is 2.19. The molecule has 2 N–H and O–H groups in total. The van der Waals surface area contributed by atoms with Gasteiger partial charge >= 0.3 is 12.3 Å². The van der Waals surface area contributed by atoms with Crippen LogP contribution in [0.2, 0.25) is 0 Å². The molecule has 1 aromatic rings. The fraction of sp³-hybridized carbons (Fsp3) is 0.364. The molecule has 0 aromatic heterocycles. The zero-order chi connectivity index (χ0) is 13.6. The summed E-state index contributed by atoms with van der Waals surface area (Å²) in [4.78, 5) is 11.0. The van der Waals surface area contributed by atoms with Crippen molar-refractivity contribution in [2.75, 3.05) is 6.54 Å². The van der Waals surface area contributed by atoms with Crippen molar-refractivity contribution in [2.45, 2.75) is 18.9 Å². The zero-order valence-electron chi connectivity index (χ0n) is 9.28. The minimum Gasteiger partial charge on any atom is -0.445 e. The van der Waals surface area contributed by atoms with E-state index in [2.05, 4.69) is 4.74 Å². The van der Waals surface area contributed by atoms with Crippen LogP contribution < -0.4 is 5.32 Å². The van der Waals surface area contributed by atoms with Gasteiger partial charge in [0.25, 0.3) is 0 Å². The van der Waals surface area contributed by atoms with E-state index in [0.717, 1.165) is 0 Å².